The third-order valence-corrected chi connectivity index (χ3v) is 4.61. The lowest BCUT2D eigenvalue weighted by Gasteiger charge is -2.27. The van der Waals surface area contributed by atoms with Gasteiger partial charge in [-0.05, 0) is 39.0 Å². The van der Waals surface area contributed by atoms with Crippen molar-refractivity contribution in [1.29, 1.82) is 0 Å². The van der Waals surface area contributed by atoms with Crippen molar-refractivity contribution >= 4 is 23.0 Å². The highest BCUT2D eigenvalue weighted by molar-refractivity contribution is 5.96. The lowest BCUT2D eigenvalue weighted by molar-refractivity contribution is 0.0526. The summed E-state index contributed by atoms with van der Waals surface area (Å²) < 4.78 is 12.5. The normalized spacial score (nSPS) is 13.6. The van der Waals surface area contributed by atoms with E-state index in [1.165, 1.54) is 5.69 Å². The predicted octanol–water partition coefficient (Wildman–Crippen LogP) is 3.35. The number of rotatable bonds is 4. The second kappa shape index (κ2) is 7.17. The van der Waals surface area contributed by atoms with Crippen LogP contribution in [0, 0.1) is 0 Å². The quantitative estimate of drug-likeness (QED) is 0.798. The minimum Gasteiger partial charge on any atom is -0.462 e. The number of amides is 1. The van der Waals surface area contributed by atoms with E-state index in [1.54, 1.807) is 17.9 Å². The molecule has 0 bridgehead atoms. The van der Waals surface area contributed by atoms with Crippen LogP contribution in [0.25, 0.3) is 10.9 Å². The smallest absolute Gasteiger partial charge is 0.410 e. The Morgan fingerprint density at radius 3 is 2.56 bits per heavy atom. The number of ether oxygens (including phenoxy) is 2. The molecule has 25 heavy (non-hydrogen) atoms. The maximum absolute atomic E-state index is 12.1. The predicted molar refractivity (Wildman–Crippen MR) is 94.7 cm³/mol. The van der Waals surface area contributed by atoms with Crippen LogP contribution in [-0.4, -0.2) is 41.3 Å². The Kier molecular flexibility index (Phi) is 4.97. The topological polar surface area (TPSA) is 60.8 Å². The summed E-state index contributed by atoms with van der Waals surface area (Å²) in [6.45, 7) is 8.43. The number of hydrogen-bond donors (Lipinski definition) is 0. The molecule has 2 heterocycles. The van der Waals surface area contributed by atoms with Gasteiger partial charge in [0, 0.05) is 41.7 Å². The number of aryl methyl sites for hydroxylation is 1. The average molecular weight is 344 g/mol. The van der Waals surface area contributed by atoms with Gasteiger partial charge in [-0.2, -0.15) is 0 Å². The lowest BCUT2D eigenvalue weighted by Crippen LogP contribution is -2.36. The molecule has 1 aromatic heterocycles. The molecule has 6 nitrogen and oxygen atoms in total. The fourth-order valence-electron chi connectivity index (χ4n) is 3.52. The van der Waals surface area contributed by atoms with E-state index in [9.17, 15) is 9.59 Å². The number of fused-ring (bicyclic) bond motifs is 3. The second-order valence-corrected chi connectivity index (χ2v) is 5.99. The maximum atomic E-state index is 12.1. The number of hydrogen-bond acceptors (Lipinski definition) is 4. The Labute approximate surface area is 147 Å². The van der Waals surface area contributed by atoms with Gasteiger partial charge in [0.1, 0.15) is 0 Å². The van der Waals surface area contributed by atoms with Crippen molar-refractivity contribution in [2.75, 3.05) is 19.8 Å². The lowest BCUT2D eigenvalue weighted by atomic mass is 10.0. The first-order valence-corrected chi connectivity index (χ1v) is 8.83. The first-order chi connectivity index (χ1) is 12.1. The number of esters is 1. The first-order valence-electron chi connectivity index (χ1n) is 8.83. The molecule has 2 aromatic rings. The Bertz CT molecular complexity index is 809. The molecule has 6 heteroatoms. The molecule has 1 aromatic carbocycles. The van der Waals surface area contributed by atoms with Crippen LogP contribution in [0.5, 0.6) is 0 Å². The van der Waals surface area contributed by atoms with Crippen molar-refractivity contribution in [1.82, 2.24) is 9.47 Å². The summed E-state index contributed by atoms with van der Waals surface area (Å²) in [4.78, 5) is 25.9. The van der Waals surface area contributed by atoms with Gasteiger partial charge < -0.3 is 18.9 Å². The molecule has 0 unspecified atom stereocenters. The third-order valence-electron chi connectivity index (χ3n) is 4.61. The SMILES string of the molecule is CCOC(=O)c1ccc2c(c1)c1c(n2CC)CCN(C(=O)OCC)C1. The number of benzene rings is 1. The summed E-state index contributed by atoms with van der Waals surface area (Å²) in [7, 11) is 0. The van der Waals surface area contributed by atoms with Crippen LogP contribution in [0.4, 0.5) is 4.79 Å². The van der Waals surface area contributed by atoms with Crippen LogP contribution in [-0.2, 0) is 29.0 Å². The summed E-state index contributed by atoms with van der Waals surface area (Å²) >= 11 is 0. The van der Waals surface area contributed by atoms with Crippen LogP contribution in [0.15, 0.2) is 18.2 Å². The molecule has 0 N–H and O–H groups in total. The molecule has 0 radical (unpaired) electrons. The number of nitrogens with zero attached hydrogens (tertiary/aromatic N) is 2. The zero-order chi connectivity index (χ0) is 18.0. The molecule has 0 saturated heterocycles. The van der Waals surface area contributed by atoms with Gasteiger partial charge in [-0.15, -0.1) is 0 Å². The zero-order valence-corrected chi connectivity index (χ0v) is 15.0. The Morgan fingerprint density at radius 2 is 1.88 bits per heavy atom. The van der Waals surface area contributed by atoms with E-state index >= 15 is 0 Å². The first kappa shape index (κ1) is 17.3. The number of aromatic nitrogens is 1. The third kappa shape index (κ3) is 3.08. The summed E-state index contributed by atoms with van der Waals surface area (Å²) in [5, 5.41) is 1.01. The van der Waals surface area contributed by atoms with Gasteiger partial charge in [0.2, 0.25) is 0 Å². The largest absolute Gasteiger partial charge is 0.462 e. The number of carbonyl (C=O) groups excluding carboxylic acids is 2. The van der Waals surface area contributed by atoms with Crippen LogP contribution < -0.4 is 0 Å². The Balaban J connectivity index is 2.05. The molecule has 0 spiro atoms. The molecule has 1 amide bonds. The molecule has 0 aliphatic carbocycles. The van der Waals surface area contributed by atoms with Gasteiger partial charge in [0.05, 0.1) is 25.3 Å². The molecule has 3 rings (SSSR count). The summed E-state index contributed by atoms with van der Waals surface area (Å²) in [5.41, 5.74) is 3.96. The highest BCUT2D eigenvalue weighted by Crippen LogP contribution is 2.32. The van der Waals surface area contributed by atoms with E-state index in [0.717, 1.165) is 29.4 Å². The summed E-state index contributed by atoms with van der Waals surface area (Å²) in [6, 6.07) is 5.66. The van der Waals surface area contributed by atoms with E-state index in [2.05, 4.69) is 11.5 Å². The zero-order valence-electron chi connectivity index (χ0n) is 15.0. The number of carbonyl (C=O) groups is 2. The van der Waals surface area contributed by atoms with Gasteiger partial charge >= 0.3 is 12.1 Å². The molecule has 1 aliphatic rings. The highest BCUT2D eigenvalue weighted by atomic mass is 16.6. The van der Waals surface area contributed by atoms with Gasteiger partial charge in [0.15, 0.2) is 0 Å². The van der Waals surface area contributed by atoms with Gasteiger partial charge in [-0.3, -0.25) is 0 Å². The van der Waals surface area contributed by atoms with E-state index in [4.69, 9.17) is 9.47 Å². The van der Waals surface area contributed by atoms with Crippen molar-refractivity contribution in [3.05, 3.63) is 35.0 Å². The molecule has 0 saturated carbocycles. The van der Waals surface area contributed by atoms with Gasteiger partial charge in [-0.1, -0.05) is 0 Å². The van der Waals surface area contributed by atoms with Crippen molar-refractivity contribution in [3.63, 3.8) is 0 Å². The maximum Gasteiger partial charge on any atom is 0.410 e. The van der Waals surface area contributed by atoms with Crippen LogP contribution in [0.2, 0.25) is 0 Å². The monoisotopic (exact) mass is 344 g/mol. The fourth-order valence-corrected chi connectivity index (χ4v) is 3.52. The minimum atomic E-state index is -0.319. The van der Waals surface area contributed by atoms with Crippen molar-refractivity contribution in [2.45, 2.75) is 40.3 Å². The second-order valence-electron chi connectivity index (χ2n) is 5.99. The van der Waals surface area contributed by atoms with E-state index in [-0.39, 0.29) is 12.1 Å². The Hall–Kier alpha value is -2.50. The molecule has 134 valence electrons. The average Bonchev–Trinajstić information content (AvgIpc) is 2.94. The van der Waals surface area contributed by atoms with Crippen LogP contribution in [0.1, 0.15) is 42.4 Å². The minimum absolute atomic E-state index is 0.285. The standard InChI is InChI=1S/C19H24N2O4/c1-4-21-16-8-7-13(18(22)24-5-2)11-14(16)15-12-20(10-9-17(15)21)19(23)25-6-3/h7-8,11H,4-6,9-10,12H2,1-3H3. The molecule has 0 atom stereocenters. The summed E-state index contributed by atoms with van der Waals surface area (Å²) in [5.74, 6) is -0.319. The van der Waals surface area contributed by atoms with E-state index < -0.39 is 0 Å². The summed E-state index contributed by atoms with van der Waals surface area (Å²) in [6.07, 6.45) is 0.498. The van der Waals surface area contributed by atoms with Crippen molar-refractivity contribution < 1.29 is 19.1 Å². The van der Waals surface area contributed by atoms with Crippen LogP contribution in [0.3, 0.4) is 0 Å². The molecule has 1 aliphatic heterocycles. The van der Waals surface area contributed by atoms with E-state index in [0.29, 0.717) is 31.9 Å². The van der Waals surface area contributed by atoms with E-state index in [1.807, 2.05) is 19.1 Å². The fraction of sp³-hybridized carbons (Fsp3) is 0.474. The molecular weight excluding hydrogens is 320 g/mol. The van der Waals surface area contributed by atoms with Gasteiger partial charge in [-0.25, -0.2) is 9.59 Å². The van der Waals surface area contributed by atoms with Crippen molar-refractivity contribution in [3.8, 4) is 0 Å². The highest BCUT2D eigenvalue weighted by Gasteiger charge is 2.27. The molecule has 0 fully saturated rings. The van der Waals surface area contributed by atoms with Crippen molar-refractivity contribution in [2.24, 2.45) is 0 Å². The molecular formula is C19H24N2O4. The van der Waals surface area contributed by atoms with Gasteiger partial charge in [0.25, 0.3) is 0 Å². The Morgan fingerprint density at radius 1 is 1.12 bits per heavy atom. The van der Waals surface area contributed by atoms with Crippen LogP contribution >= 0.6 is 0 Å².